The van der Waals surface area contributed by atoms with Gasteiger partial charge in [-0.15, -0.1) is 12.4 Å². The van der Waals surface area contributed by atoms with E-state index in [1.165, 1.54) is 19.4 Å². The van der Waals surface area contributed by atoms with Gasteiger partial charge in [-0.2, -0.15) is 0 Å². The highest BCUT2D eigenvalue weighted by atomic mass is 35.5. The molecule has 1 aliphatic carbocycles. The lowest BCUT2D eigenvalue weighted by molar-refractivity contribution is 0.00217. The molecule has 3 unspecified atom stereocenters. The van der Waals surface area contributed by atoms with Crippen LogP contribution in [0.3, 0.4) is 0 Å². The van der Waals surface area contributed by atoms with E-state index in [9.17, 15) is 0 Å². The molecule has 0 amide bonds. The second-order valence-corrected chi connectivity index (χ2v) is 3.60. The van der Waals surface area contributed by atoms with Gasteiger partial charge in [-0.1, -0.05) is 0 Å². The molecule has 2 N–H and O–H groups in total. The van der Waals surface area contributed by atoms with Crippen molar-refractivity contribution in [3.63, 3.8) is 0 Å². The lowest BCUT2D eigenvalue weighted by atomic mass is 9.62. The smallest absolute Gasteiger partial charge is 0.0462 e. The Hall–Kier alpha value is 0.210. The summed E-state index contributed by atoms with van der Waals surface area (Å²) in [6.45, 7) is 2.78. The SMILES string of the molecule is Cl.OCC1CC2CNCCC12. The van der Waals surface area contributed by atoms with Gasteiger partial charge in [0.25, 0.3) is 0 Å². The molecule has 2 nitrogen and oxygen atoms in total. The van der Waals surface area contributed by atoms with E-state index in [2.05, 4.69) is 5.32 Å². The lowest BCUT2D eigenvalue weighted by Crippen LogP contribution is -2.49. The van der Waals surface area contributed by atoms with Crippen molar-refractivity contribution in [2.75, 3.05) is 19.7 Å². The van der Waals surface area contributed by atoms with Crippen LogP contribution >= 0.6 is 12.4 Å². The van der Waals surface area contributed by atoms with E-state index < -0.39 is 0 Å². The number of piperidine rings is 1. The molecule has 1 saturated carbocycles. The highest BCUT2D eigenvalue weighted by molar-refractivity contribution is 5.85. The van der Waals surface area contributed by atoms with E-state index >= 15 is 0 Å². The number of aliphatic hydroxyl groups is 1. The third kappa shape index (κ3) is 1.53. The van der Waals surface area contributed by atoms with Crippen LogP contribution in [-0.2, 0) is 0 Å². The molecule has 2 fully saturated rings. The van der Waals surface area contributed by atoms with E-state index in [4.69, 9.17) is 5.11 Å². The summed E-state index contributed by atoms with van der Waals surface area (Å²) in [5.41, 5.74) is 0. The zero-order chi connectivity index (χ0) is 6.97. The van der Waals surface area contributed by atoms with Crippen molar-refractivity contribution in [2.45, 2.75) is 12.8 Å². The van der Waals surface area contributed by atoms with Crippen molar-refractivity contribution < 1.29 is 5.11 Å². The van der Waals surface area contributed by atoms with Crippen LogP contribution in [0.4, 0.5) is 0 Å². The van der Waals surface area contributed by atoms with E-state index in [-0.39, 0.29) is 12.4 Å². The van der Waals surface area contributed by atoms with Crippen LogP contribution in [0.15, 0.2) is 0 Å². The van der Waals surface area contributed by atoms with E-state index in [0.29, 0.717) is 12.5 Å². The summed E-state index contributed by atoms with van der Waals surface area (Å²) >= 11 is 0. The summed E-state index contributed by atoms with van der Waals surface area (Å²) in [4.78, 5) is 0. The minimum absolute atomic E-state index is 0. The molecule has 1 aliphatic heterocycles. The molecule has 11 heavy (non-hydrogen) atoms. The number of fused-ring (bicyclic) bond motifs is 1. The molecule has 66 valence electrons. The van der Waals surface area contributed by atoms with Gasteiger partial charge in [0.05, 0.1) is 0 Å². The standard InChI is InChI=1S/C8H15NO.ClH/c10-5-7-3-6-4-9-2-1-8(6)7;/h6-10H,1-5H2;1H. The Morgan fingerprint density at radius 3 is 2.91 bits per heavy atom. The molecule has 0 spiro atoms. The summed E-state index contributed by atoms with van der Waals surface area (Å²) in [5.74, 6) is 2.39. The van der Waals surface area contributed by atoms with Crippen LogP contribution in [0.5, 0.6) is 0 Å². The van der Waals surface area contributed by atoms with E-state index in [1.807, 2.05) is 0 Å². The van der Waals surface area contributed by atoms with Crippen LogP contribution in [0.1, 0.15) is 12.8 Å². The van der Waals surface area contributed by atoms with Crippen molar-refractivity contribution in [3.05, 3.63) is 0 Å². The summed E-state index contributed by atoms with van der Waals surface area (Å²) in [6, 6.07) is 0. The molecule has 1 saturated heterocycles. The number of hydrogen-bond acceptors (Lipinski definition) is 2. The monoisotopic (exact) mass is 177 g/mol. The second-order valence-electron chi connectivity index (χ2n) is 3.60. The maximum Gasteiger partial charge on any atom is 0.0462 e. The second kappa shape index (κ2) is 3.74. The molecular formula is C8H16ClNO. The highest BCUT2D eigenvalue weighted by Gasteiger charge is 2.41. The quantitative estimate of drug-likeness (QED) is 0.617. The normalized spacial score (nSPS) is 41.7. The first kappa shape index (κ1) is 9.30. The van der Waals surface area contributed by atoms with Gasteiger partial charge >= 0.3 is 0 Å². The molecule has 0 aromatic rings. The highest BCUT2D eigenvalue weighted by Crippen LogP contribution is 2.43. The predicted octanol–water partition coefficient (Wildman–Crippen LogP) is 0.646. The largest absolute Gasteiger partial charge is 0.396 e. The Kier molecular flexibility index (Phi) is 3.16. The Morgan fingerprint density at radius 2 is 2.27 bits per heavy atom. The Balaban J connectivity index is 0.000000605. The summed E-state index contributed by atoms with van der Waals surface area (Å²) in [5, 5.41) is 12.3. The average Bonchev–Trinajstić information content (AvgIpc) is 1.92. The summed E-state index contributed by atoms with van der Waals surface area (Å²) in [7, 11) is 0. The Bertz CT molecular complexity index is 127. The van der Waals surface area contributed by atoms with E-state index in [1.54, 1.807) is 0 Å². The molecule has 3 atom stereocenters. The van der Waals surface area contributed by atoms with Gasteiger partial charge in [0, 0.05) is 6.61 Å². The van der Waals surface area contributed by atoms with Crippen molar-refractivity contribution in [1.82, 2.24) is 5.32 Å². The number of hydrogen-bond donors (Lipinski definition) is 2. The van der Waals surface area contributed by atoms with Crippen LogP contribution in [0, 0.1) is 17.8 Å². The van der Waals surface area contributed by atoms with Gasteiger partial charge in [0.2, 0.25) is 0 Å². The first-order chi connectivity index (χ1) is 4.92. The third-order valence-electron chi connectivity index (χ3n) is 3.11. The first-order valence-electron chi connectivity index (χ1n) is 4.23. The number of halogens is 1. The third-order valence-corrected chi connectivity index (χ3v) is 3.11. The molecule has 0 aromatic carbocycles. The number of nitrogens with one attached hydrogen (secondary N) is 1. The van der Waals surface area contributed by atoms with E-state index in [0.717, 1.165) is 18.4 Å². The fraction of sp³-hybridized carbons (Fsp3) is 1.00. The van der Waals surface area contributed by atoms with Crippen molar-refractivity contribution in [2.24, 2.45) is 17.8 Å². The van der Waals surface area contributed by atoms with Gasteiger partial charge in [0.1, 0.15) is 0 Å². The van der Waals surface area contributed by atoms with Crippen LogP contribution in [0.25, 0.3) is 0 Å². The minimum atomic E-state index is 0. The minimum Gasteiger partial charge on any atom is -0.396 e. The van der Waals surface area contributed by atoms with Crippen LogP contribution in [-0.4, -0.2) is 24.8 Å². The van der Waals surface area contributed by atoms with Gasteiger partial charge in [-0.25, -0.2) is 0 Å². The molecule has 3 heteroatoms. The molecule has 2 rings (SSSR count). The maximum atomic E-state index is 8.90. The predicted molar refractivity (Wildman–Crippen MR) is 46.9 cm³/mol. The number of aliphatic hydroxyl groups excluding tert-OH is 1. The fourth-order valence-electron chi connectivity index (χ4n) is 2.40. The van der Waals surface area contributed by atoms with Gasteiger partial charge in [-0.3, -0.25) is 0 Å². The maximum absolute atomic E-state index is 8.90. The molecule has 0 radical (unpaired) electrons. The zero-order valence-corrected chi connectivity index (χ0v) is 7.44. The van der Waals surface area contributed by atoms with Gasteiger partial charge in [0.15, 0.2) is 0 Å². The zero-order valence-electron chi connectivity index (χ0n) is 6.62. The first-order valence-corrected chi connectivity index (χ1v) is 4.23. The van der Waals surface area contributed by atoms with Crippen molar-refractivity contribution >= 4 is 12.4 Å². The Morgan fingerprint density at radius 1 is 1.45 bits per heavy atom. The molecule has 1 heterocycles. The summed E-state index contributed by atoms with van der Waals surface area (Å²) < 4.78 is 0. The summed E-state index contributed by atoms with van der Waals surface area (Å²) in [6.07, 6.45) is 2.55. The molecule has 2 aliphatic rings. The molecule has 0 aromatic heterocycles. The topological polar surface area (TPSA) is 32.3 Å². The van der Waals surface area contributed by atoms with Crippen molar-refractivity contribution in [1.29, 1.82) is 0 Å². The average molecular weight is 178 g/mol. The lowest BCUT2D eigenvalue weighted by Gasteiger charge is -2.47. The fourth-order valence-corrected chi connectivity index (χ4v) is 2.40. The number of rotatable bonds is 1. The van der Waals surface area contributed by atoms with Gasteiger partial charge < -0.3 is 10.4 Å². The molecule has 0 bridgehead atoms. The van der Waals surface area contributed by atoms with Crippen LogP contribution < -0.4 is 5.32 Å². The van der Waals surface area contributed by atoms with Crippen molar-refractivity contribution in [3.8, 4) is 0 Å². The van der Waals surface area contributed by atoms with Gasteiger partial charge in [-0.05, 0) is 43.7 Å². The van der Waals surface area contributed by atoms with Crippen LogP contribution in [0.2, 0.25) is 0 Å². The molecular weight excluding hydrogens is 162 g/mol. The Labute approximate surface area is 73.8 Å².